The van der Waals surface area contributed by atoms with Gasteiger partial charge in [0.2, 0.25) is 0 Å². The number of rotatable bonds is 7. The Kier molecular flexibility index (Phi) is 6.02. The molecule has 0 bridgehead atoms. The lowest BCUT2D eigenvalue weighted by molar-refractivity contribution is -0.153. The Balaban J connectivity index is 1.40. The number of benzene rings is 2. The summed E-state index contributed by atoms with van der Waals surface area (Å²) in [6.07, 6.45) is 4.86. The van der Waals surface area contributed by atoms with Crippen LogP contribution in [0, 0.1) is 5.82 Å². The van der Waals surface area contributed by atoms with Gasteiger partial charge in [0.05, 0.1) is 16.7 Å². The number of amides is 2. The molecule has 0 spiro atoms. The molecule has 0 heterocycles. The molecule has 2 aliphatic rings. The predicted molar refractivity (Wildman–Crippen MR) is 113 cm³/mol. The summed E-state index contributed by atoms with van der Waals surface area (Å²) in [6, 6.07) is 12.8. The summed E-state index contributed by atoms with van der Waals surface area (Å²) in [5, 5.41) is 5.56. The molecule has 0 aromatic heterocycles. The van der Waals surface area contributed by atoms with Gasteiger partial charge in [0.1, 0.15) is 5.82 Å². The van der Waals surface area contributed by atoms with E-state index in [4.69, 9.17) is 4.74 Å². The summed E-state index contributed by atoms with van der Waals surface area (Å²) in [6.45, 7) is -0.458. The van der Waals surface area contributed by atoms with Gasteiger partial charge in [-0.1, -0.05) is 37.1 Å². The second kappa shape index (κ2) is 8.88. The Morgan fingerprint density at radius 2 is 1.68 bits per heavy atom. The Morgan fingerprint density at radius 1 is 1.00 bits per heavy atom. The molecule has 162 valence electrons. The van der Waals surface area contributed by atoms with Crippen molar-refractivity contribution in [3.8, 4) is 0 Å². The molecule has 31 heavy (non-hydrogen) atoms. The van der Waals surface area contributed by atoms with E-state index in [0.29, 0.717) is 29.7 Å². The molecule has 0 aliphatic heterocycles. The smallest absolute Gasteiger partial charge is 0.317 e. The second-order valence-electron chi connectivity index (χ2n) is 8.21. The summed E-state index contributed by atoms with van der Waals surface area (Å²) in [4.78, 5) is 37.8. The highest BCUT2D eigenvalue weighted by molar-refractivity contribution is 6.04. The minimum atomic E-state index is -0.851. The average Bonchev–Trinajstić information content (AvgIpc) is 3.44. The van der Waals surface area contributed by atoms with Gasteiger partial charge in [0.15, 0.2) is 6.61 Å². The molecule has 6 nitrogen and oxygen atoms in total. The highest BCUT2D eigenvalue weighted by Crippen LogP contribution is 2.42. The Bertz CT molecular complexity index is 979. The van der Waals surface area contributed by atoms with E-state index in [0.717, 1.165) is 25.7 Å². The molecule has 0 unspecified atom stereocenters. The molecule has 0 saturated heterocycles. The van der Waals surface area contributed by atoms with Crippen LogP contribution in [-0.4, -0.2) is 30.4 Å². The van der Waals surface area contributed by atoms with Crippen molar-refractivity contribution in [1.82, 2.24) is 5.32 Å². The highest BCUT2D eigenvalue weighted by atomic mass is 19.1. The quantitative estimate of drug-likeness (QED) is 0.664. The summed E-state index contributed by atoms with van der Waals surface area (Å²) in [5.74, 6) is -1.61. The van der Waals surface area contributed by atoms with Crippen molar-refractivity contribution in [2.24, 2.45) is 0 Å². The lowest BCUT2D eigenvalue weighted by Gasteiger charge is -2.27. The molecule has 0 atom stereocenters. The van der Waals surface area contributed by atoms with Gasteiger partial charge in [-0.25, -0.2) is 4.39 Å². The van der Waals surface area contributed by atoms with Crippen LogP contribution in [0.1, 0.15) is 54.4 Å². The normalized spacial score (nSPS) is 17.1. The maximum absolute atomic E-state index is 13.3. The largest absolute Gasteiger partial charge is 0.455 e. The average molecular weight is 424 g/mol. The maximum Gasteiger partial charge on any atom is 0.317 e. The van der Waals surface area contributed by atoms with Gasteiger partial charge in [0, 0.05) is 6.04 Å². The zero-order valence-corrected chi connectivity index (χ0v) is 17.2. The number of para-hydroxylation sites is 1. The molecule has 2 amide bonds. The molecule has 2 fully saturated rings. The van der Waals surface area contributed by atoms with Crippen LogP contribution < -0.4 is 10.6 Å². The fraction of sp³-hybridized carbons (Fsp3) is 0.375. The first-order valence-corrected chi connectivity index (χ1v) is 10.6. The van der Waals surface area contributed by atoms with Crippen molar-refractivity contribution in [3.63, 3.8) is 0 Å². The van der Waals surface area contributed by atoms with Crippen LogP contribution in [0.15, 0.2) is 48.5 Å². The van der Waals surface area contributed by atoms with Gasteiger partial charge >= 0.3 is 5.97 Å². The number of hydrogen-bond acceptors (Lipinski definition) is 4. The summed E-state index contributed by atoms with van der Waals surface area (Å²) in [7, 11) is 0. The number of nitrogens with one attached hydrogen (secondary N) is 2. The first-order chi connectivity index (χ1) is 15.0. The van der Waals surface area contributed by atoms with Crippen LogP contribution in [0.2, 0.25) is 0 Å². The third-order valence-corrected chi connectivity index (χ3v) is 5.94. The molecule has 2 saturated carbocycles. The number of hydrogen-bond donors (Lipinski definition) is 2. The molecule has 2 aromatic rings. The predicted octanol–water partition coefficient (Wildman–Crippen LogP) is 3.71. The van der Waals surface area contributed by atoms with Gasteiger partial charge in [-0.05, 0) is 55.5 Å². The Labute approximate surface area is 180 Å². The number of carbonyl (C=O) groups is 3. The van der Waals surface area contributed by atoms with E-state index in [2.05, 4.69) is 10.6 Å². The third kappa shape index (κ3) is 4.76. The van der Waals surface area contributed by atoms with Gasteiger partial charge in [-0.15, -0.1) is 0 Å². The number of carbonyl (C=O) groups excluding carboxylic acids is 3. The van der Waals surface area contributed by atoms with Crippen LogP contribution in [0.3, 0.4) is 0 Å². The number of halogens is 1. The molecule has 2 aromatic carbocycles. The molecule has 4 rings (SSSR count). The minimum Gasteiger partial charge on any atom is -0.455 e. The van der Waals surface area contributed by atoms with E-state index in [1.165, 1.54) is 12.1 Å². The van der Waals surface area contributed by atoms with Gasteiger partial charge in [-0.2, -0.15) is 0 Å². The number of ether oxygens (including phenoxy) is 1. The Morgan fingerprint density at radius 3 is 2.35 bits per heavy atom. The highest BCUT2D eigenvalue weighted by Gasteiger charge is 2.44. The van der Waals surface area contributed by atoms with Gasteiger partial charge in [-0.3, -0.25) is 14.4 Å². The number of esters is 1. The molecule has 2 N–H and O–H groups in total. The molecular formula is C24H25FN2O4. The van der Waals surface area contributed by atoms with Crippen molar-refractivity contribution in [2.45, 2.75) is 50.0 Å². The van der Waals surface area contributed by atoms with Crippen LogP contribution >= 0.6 is 0 Å². The van der Waals surface area contributed by atoms with Crippen molar-refractivity contribution in [3.05, 3.63) is 65.5 Å². The van der Waals surface area contributed by atoms with Crippen LogP contribution in [0.25, 0.3) is 0 Å². The van der Waals surface area contributed by atoms with E-state index >= 15 is 0 Å². The van der Waals surface area contributed by atoms with E-state index in [9.17, 15) is 18.8 Å². The molecule has 0 radical (unpaired) electrons. The molecular weight excluding hydrogens is 399 g/mol. The monoisotopic (exact) mass is 424 g/mol. The van der Waals surface area contributed by atoms with Crippen molar-refractivity contribution < 1.29 is 23.5 Å². The maximum atomic E-state index is 13.3. The Hall–Kier alpha value is -3.22. The summed E-state index contributed by atoms with van der Waals surface area (Å²) in [5.41, 5.74) is 0.595. The summed E-state index contributed by atoms with van der Waals surface area (Å²) >= 11 is 0. The molecule has 2 aliphatic carbocycles. The van der Waals surface area contributed by atoms with Crippen LogP contribution in [-0.2, 0) is 19.7 Å². The van der Waals surface area contributed by atoms with E-state index in [1.807, 2.05) is 0 Å². The first kappa shape index (κ1) is 21.0. The minimum absolute atomic E-state index is 0.200. The van der Waals surface area contributed by atoms with Crippen molar-refractivity contribution >= 4 is 23.5 Å². The standard InChI is InChI=1S/C24H25FN2O4/c25-17-9-7-16(8-10-17)24(13-3-4-14-24)23(30)31-15-21(28)27-20-6-2-1-5-19(20)22(29)26-18-11-12-18/h1-2,5-10,18H,3-4,11-15H2,(H,26,29)(H,27,28). The lowest BCUT2D eigenvalue weighted by atomic mass is 9.79. The topological polar surface area (TPSA) is 84.5 Å². The lowest BCUT2D eigenvalue weighted by Crippen LogP contribution is -2.36. The van der Waals surface area contributed by atoms with Crippen molar-refractivity contribution in [1.29, 1.82) is 0 Å². The second-order valence-corrected chi connectivity index (χ2v) is 8.21. The zero-order chi connectivity index (χ0) is 21.8. The SMILES string of the molecule is O=C(COC(=O)C1(c2ccc(F)cc2)CCCC1)Nc1ccccc1C(=O)NC1CC1. The fourth-order valence-corrected chi connectivity index (χ4v) is 4.09. The third-order valence-electron chi connectivity index (χ3n) is 5.94. The van der Waals surface area contributed by atoms with Crippen molar-refractivity contribution in [2.75, 3.05) is 11.9 Å². The van der Waals surface area contributed by atoms with E-state index in [1.54, 1.807) is 36.4 Å². The van der Waals surface area contributed by atoms with Gasteiger partial charge < -0.3 is 15.4 Å². The fourth-order valence-electron chi connectivity index (χ4n) is 4.09. The van der Waals surface area contributed by atoms with E-state index in [-0.39, 0.29) is 17.8 Å². The van der Waals surface area contributed by atoms with Crippen LogP contribution in [0.5, 0.6) is 0 Å². The van der Waals surface area contributed by atoms with E-state index < -0.39 is 23.9 Å². The summed E-state index contributed by atoms with van der Waals surface area (Å²) < 4.78 is 18.7. The zero-order valence-electron chi connectivity index (χ0n) is 17.2. The van der Waals surface area contributed by atoms with Gasteiger partial charge in [0.25, 0.3) is 11.8 Å². The molecule has 7 heteroatoms. The first-order valence-electron chi connectivity index (χ1n) is 10.6. The van der Waals surface area contributed by atoms with Crippen LogP contribution in [0.4, 0.5) is 10.1 Å². The number of anilines is 1.